The Bertz CT molecular complexity index is 717. The molecule has 1 N–H and O–H groups in total. The van der Waals surface area contributed by atoms with Crippen LogP contribution in [0.4, 0.5) is 0 Å². The van der Waals surface area contributed by atoms with Crippen molar-refractivity contribution in [3.63, 3.8) is 0 Å². The minimum absolute atomic E-state index is 0.0395. The smallest absolute Gasteiger partial charge is 0.189 e. The maximum atomic E-state index is 12.7. The van der Waals surface area contributed by atoms with Gasteiger partial charge < -0.3 is 14.6 Å². The number of ketones is 1. The maximum Gasteiger partial charge on any atom is 0.189 e. The summed E-state index contributed by atoms with van der Waals surface area (Å²) >= 11 is 0. The molecule has 0 bridgehead atoms. The highest BCUT2D eigenvalue weighted by atomic mass is 16.5. The van der Waals surface area contributed by atoms with E-state index in [4.69, 9.17) is 4.74 Å². The van der Waals surface area contributed by atoms with E-state index in [0.717, 1.165) is 5.56 Å². The molecule has 118 valence electrons. The van der Waals surface area contributed by atoms with Crippen LogP contribution in [0.25, 0.3) is 6.08 Å². The average Bonchev–Trinajstić information content (AvgIpc) is 2.61. The van der Waals surface area contributed by atoms with E-state index in [-0.39, 0.29) is 18.8 Å². The average molecular weight is 310 g/mol. The number of ether oxygens (including phenoxy) is 1. The van der Waals surface area contributed by atoms with Crippen molar-refractivity contribution in [3.8, 4) is 5.75 Å². The standard InChI is InChI=1S/C19H18O4/c1-23-18-12-15(7-8-17(18)13-21)19(22)16(9-10-20)11-14-5-3-2-4-6-14/h2-8,10-12,21H,9,13H2,1H3/b16-11+. The number of methoxy groups -OCH3 is 1. The molecule has 4 nitrogen and oxygen atoms in total. The molecule has 0 saturated carbocycles. The highest BCUT2D eigenvalue weighted by Crippen LogP contribution is 2.23. The van der Waals surface area contributed by atoms with E-state index in [9.17, 15) is 14.7 Å². The number of carbonyl (C=O) groups excluding carboxylic acids is 2. The van der Waals surface area contributed by atoms with Crippen LogP contribution in [-0.2, 0) is 11.4 Å². The summed E-state index contributed by atoms with van der Waals surface area (Å²) < 4.78 is 5.18. The van der Waals surface area contributed by atoms with Crippen molar-refractivity contribution in [2.24, 2.45) is 0 Å². The van der Waals surface area contributed by atoms with E-state index in [2.05, 4.69) is 0 Å². The van der Waals surface area contributed by atoms with Gasteiger partial charge in [0.25, 0.3) is 0 Å². The largest absolute Gasteiger partial charge is 0.496 e. The second kappa shape index (κ2) is 8.06. The zero-order chi connectivity index (χ0) is 16.7. The number of carbonyl (C=O) groups is 2. The van der Waals surface area contributed by atoms with E-state index < -0.39 is 0 Å². The van der Waals surface area contributed by atoms with Crippen LogP contribution in [0, 0.1) is 0 Å². The van der Waals surface area contributed by atoms with E-state index in [1.165, 1.54) is 7.11 Å². The molecule has 0 aliphatic heterocycles. The topological polar surface area (TPSA) is 63.6 Å². The molecule has 2 aromatic carbocycles. The van der Waals surface area contributed by atoms with Crippen molar-refractivity contribution in [2.45, 2.75) is 13.0 Å². The summed E-state index contributed by atoms with van der Waals surface area (Å²) in [5, 5.41) is 9.24. The summed E-state index contributed by atoms with van der Waals surface area (Å²) in [7, 11) is 1.48. The number of rotatable bonds is 7. The van der Waals surface area contributed by atoms with Gasteiger partial charge in [0, 0.05) is 23.1 Å². The second-order valence-corrected chi connectivity index (χ2v) is 4.96. The van der Waals surface area contributed by atoms with Crippen molar-refractivity contribution >= 4 is 18.1 Å². The molecular weight excluding hydrogens is 292 g/mol. The van der Waals surface area contributed by atoms with Gasteiger partial charge in [0.1, 0.15) is 12.0 Å². The predicted molar refractivity (Wildman–Crippen MR) is 88.3 cm³/mol. The Hall–Kier alpha value is -2.72. The highest BCUT2D eigenvalue weighted by Gasteiger charge is 2.14. The van der Waals surface area contributed by atoms with E-state index in [1.807, 2.05) is 30.3 Å². The van der Waals surface area contributed by atoms with Gasteiger partial charge in [0.05, 0.1) is 13.7 Å². The van der Waals surface area contributed by atoms with Gasteiger partial charge in [-0.3, -0.25) is 4.79 Å². The summed E-state index contributed by atoms with van der Waals surface area (Å²) in [5.41, 5.74) is 2.29. The number of benzene rings is 2. The summed E-state index contributed by atoms with van der Waals surface area (Å²) in [5.74, 6) is 0.215. The first kappa shape index (κ1) is 16.6. The highest BCUT2D eigenvalue weighted by molar-refractivity contribution is 6.12. The van der Waals surface area contributed by atoms with Crippen molar-refractivity contribution in [1.82, 2.24) is 0 Å². The maximum absolute atomic E-state index is 12.7. The fourth-order valence-electron chi connectivity index (χ4n) is 2.26. The minimum Gasteiger partial charge on any atom is -0.496 e. The van der Waals surface area contributed by atoms with Crippen LogP contribution >= 0.6 is 0 Å². The van der Waals surface area contributed by atoms with Crippen LogP contribution in [-0.4, -0.2) is 24.3 Å². The molecule has 0 fully saturated rings. The quantitative estimate of drug-likeness (QED) is 0.485. The molecular formula is C19H18O4. The van der Waals surface area contributed by atoms with E-state index in [0.29, 0.717) is 28.7 Å². The van der Waals surface area contributed by atoms with Gasteiger partial charge in [-0.15, -0.1) is 0 Å². The molecule has 0 aliphatic carbocycles. The lowest BCUT2D eigenvalue weighted by atomic mass is 9.97. The number of aliphatic hydroxyl groups is 1. The predicted octanol–water partition coefficient (Wildman–Crippen LogP) is 3.04. The lowest BCUT2D eigenvalue weighted by Gasteiger charge is -2.09. The molecule has 0 aliphatic rings. The molecule has 0 radical (unpaired) electrons. The summed E-state index contributed by atoms with van der Waals surface area (Å²) in [6, 6.07) is 14.2. The van der Waals surface area contributed by atoms with Crippen LogP contribution in [0.3, 0.4) is 0 Å². The van der Waals surface area contributed by atoms with Gasteiger partial charge >= 0.3 is 0 Å². The third-order valence-corrected chi connectivity index (χ3v) is 3.45. The van der Waals surface area contributed by atoms with E-state index in [1.54, 1.807) is 24.3 Å². The van der Waals surface area contributed by atoms with Crippen LogP contribution in [0.15, 0.2) is 54.1 Å². The van der Waals surface area contributed by atoms with Crippen LogP contribution in [0.5, 0.6) is 5.75 Å². The zero-order valence-corrected chi connectivity index (χ0v) is 12.9. The fourth-order valence-corrected chi connectivity index (χ4v) is 2.26. The molecule has 0 spiro atoms. The first-order chi connectivity index (χ1) is 11.2. The van der Waals surface area contributed by atoms with Crippen LogP contribution < -0.4 is 4.74 Å². The molecule has 0 aromatic heterocycles. The Balaban J connectivity index is 2.38. The number of aliphatic hydroxyl groups excluding tert-OH is 1. The van der Waals surface area contributed by atoms with Gasteiger partial charge in [-0.1, -0.05) is 42.5 Å². The molecule has 2 rings (SSSR count). The molecule has 0 saturated heterocycles. The third-order valence-electron chi connectivity index (χ3n) is 3.45. The van der Waals surface area contributed by atoms with Crippen molar-refractivity contribution in [2.75, 3.05) is 7.11 Å². The minimum atomic E-state index is -0.233. The number of aldehydes is 1. The molecule has 4 heteroatoms. The Morgan fingerprint density at radius 3 is 2.52 bits per heavy atom. The number of hydrogen-bond acceptors (Lipinski definition) is 4. The number of hydrogen-bond donors (Lipinski definition) is 1. The normalized spacial score (nSPS) is 11.1. The molecule has 0 amide bonds. The van der Waals surface area contributed by atoms with Crippen LogP contribution in [0.2, 0.25) is 0 Å². The Kier molecular flexibility index (Phi) is 5.83. The molecule has 0 unspecified atom stereocenters. The molecule has 0 atom stereocenters. The van der Waals surface area contributed by atoms with Gasteiger partial charge in [-0.25, -0.2) is 0 Å². The zero-order valence-electron chi connectivity index (χ0n) is 12.9. The monoisotopic (exact) mass is 310 g/mol. The first-order valence-corrected chi connectivity index (χ1v) is 7.21. The Morgan fingerprint density at radius 2 is 1.91 bits per heavy atom. The number of allylic oxidation sites excluding steroid dienone is 1. The summed E-state index contributed by atoms with van der Waals surface area (Å²) in [4.78, 5) is 23.6. The lowest BCUT2D eigenvalue weighted by molar-refractivity contribution is -0.107. The lowest BCUT2D eigenvalue weighted by Crippen LogP contribution is -2.05. The van der Waals surface area contributed by atoms with Crippen LogP contribution in [0.1, 0.15) is 27.9 Å². The SMILES string of the molecule is COc1cc(C(=O)/C(=C/c2ccccc2)CC=O)ccc1CO. The summed E-state index contributed by atoms with van der Waals surface area (Å²) in [6.07, 6.45) is 2.47. The number of Topliss-reactive ketones (excluding diaryl/α,β-unsaturated/α-hetero) is 1. The van der Waals surface area contributed by atoms with Gasteiger partial charge in [0.15, 0.2) is 5.78 Å². The van der Waals surface area contributed by atoms with Crippen molar-refractivity contribution in [1.29, 1.82) is 0 Å². The molecule has 23 heavy (non-hydrogen) atoms. The summed E-state index contributed by atoms with van der Waals surface area (Å²) in [6.45, 7) is -0.168. The first-order valence-electron chi connectivity index (χ1n) is 7.21. The second-order valence-electron chi connectivity index (χ2n) is 4.96. The Labute approximate surface area is 135 Å². The van der Waals surface area contributed by atoms with Gasteiger partial charge in [-0.2, -0.15) is 0 Å². The Morgan fingerprint density at radius 1 is 1.17 bits per heavy atom. The van der Waals surface area contributed by atoms with Crippen molar-refractivity contribution < 1.29 is 19.4 Å². The molecule has 0 heterocycles. The van der Waals surface area contributed by atoms with Crippen molar-refractivity contribution in [3.05, 3.63) is 70.8 Å². The molecule has 2 aromatic rings. The fraction of sp³-hybridized carbons (Fsp3) is 0.158. The van der Waals surface area contributed by atoms with Gasteiger partial charge in [-0.05, 0) is 17.7 Å². The van der Waals surface area contributed by atoms with Gasteiger partial charge in [0.2, 0.25) is 0 Å². The van der Waals surface area contributed by atoms with E-state index >= 15 is 0 Å². The third kappa shape index (κ3) is 4.14.